The average Bonchev–Trinajstić information content (AvgIpc) is 2.41. The highest BCUT2D eigenvalue weighted by Crippen LogP contribution is 2.47. The van der Waals surface area contributed by atoms with Crippen LogP contribution in [0.15, 0.2) is 0 Å². The lowest BCUT2D eigenvalue weighted by atomic mass is 9.62. The van der Waals surface area contributed by atoms with Crippen LogP contribution in [0.1, 0.15) is 93.9 Å². The van der Waals surface area contributed by atoms with Crippen molar-refractivity contribution in [1.82, 2.24) is 0 Å². The third-order valence-corrected chi connectivity index (χ3v) is 5.76. The molecule has 0 unspecified atom stereocenters. The molecule has 1 saturated carbocycles. The van der Waals surface area contributed by atoms with Crippen molar-refractivity contribution in [3.05, 3.63) is 0 Å². The highest BCUT2D eigenvalue weighted by molar-refractivity contribution is 4.87. The Morgan fingerprint density at radius 1 is 0.667 bits per heavy atom. The third-order valence-electron chi connectivity index (χ3n) is 5.76. The topological polar surface area (TPSA) is 0 Å². The smallest absolute Gasteiger partial charge is 0.0329 e. The molecule has 0 aromatic carbocycles. The van der Waals surface area contributed by atoms with Gasteiger partial charge in [-0.2, -0.15) is 0 Å². The van der Waals surface area contributed by atoms with Crippen LogP contribution in [-0.4, -0.2) is 0 Å². The van der Waals surface area contributed by atoms with Gasteiger partial charge in [-0.05, 0) is 48.3 Å². The molecule has 0 heterocycles. The van der Waals surface area contributed by atoms with Crippen LogP contribution < -0.4 is 0 Å². The Labute approximate surface area is 117 Å². The fourth-order valence-electron chi connectivity index (χ4n) is 3.23. The Morgan fingerprint density at radius 2 is 0.889 bits per heavy atom. The van der Waals surface area contributed by atoms with E-state index in [0.29, 0.717) is 10.8 Å². The summed E-state index contributed by atoms with van der Waals surface area (Å²) in [7, 11) is 0. The fourth-order valence-corrected chi connectivity index (χ4v) is 3.23. The molecule has 18 heavy (non-hydrogen) atoms. The number of hydrogen-bond acceptors (Lipinski definition) is 0. The summed E-state index contributed by atoms with van der Waals surface area (Å²) < 4.78 is 0. The summed E-state index contributed by atoms with van der Waals surface area (Å²) >= 11 is 0. The van der Waals surface area contributed by atoms with Crippen molar-refractivity contribution in [2.24, 2.45) is 22.7 Å². The zero-order valence-corrected chi connectivity index (χ0v) is 14.4. The molecule has 110 valence electrons. The second kappa shape index (κ2) is 7.56. The second-order valence-corrected chi connectivity index (χ2v) is 7.23. The van der Waals surface area contributed by atoms with E-state index in [4.69, 9.17) is 0 Å². The molecule has 1 aliphatic rings. The van der Waals surface area contributed by atoms with Crippen molar-refractivity contribution >= 4 is 0 Å². The first-order valence-corrected chi connectivity index (χ1v) is 8.33. The molecule has 1 fully saturated rings. The predicted molar refractivity (Wildman–Crippen MR) is 84.9 cm³/mol. The minimum Gasteiger partial charge on any atom is -0.0683 e. The van der Waals surface area contributed by atoms with Crippen LogP contribution in [0, 0.1) is 22.7 Å². The molecular weight excluding hydrogens is 216 g/mol. The van der Waals surface area contributed by atoms with Gasteiger partial charge in [-0.15, -0.1) is 0 Å². The summed E-state index contributed by atoms with van der Waals surface area (Å²) in [4.78, 5) is 0. The van der Waals surface area contributed by atoms with E-state index < -0.39 is 0 Å². The first-order valence-electron chi connectivity index (χ1n) is 8.33. The molecular formula is C18H38. The molecule has 1 rings (SSSR count). The van der Waals surface area contributed by atoms with Gasteiger partial charge >= 0.3 is 0 Å². The van der Waals surface area contributed by atoms with E-state index in [0.717, 1.165) is 11.8 Å². The largest absolute Gasteiger partial charge is 0.0683 e. The van der Waals surface area contributed by atoms with E-state index in [1.807, 2.05) is 13.8 Å². The summed E-state index contributed by atoms with van der Waals surface area (Å²) in [5.41, 5.74) is 1.14. The van der Waals surface area contributed by atoms with Crippen molar-refractivity contribution in [3.8, 4) is 0 Å². The average molecular weight is 255 g/mol. The van der Waals surface area contributed by atoms with E-state index in [1.54, 1.807) is 0 Å². The van der Waals surface area contributed by atoms with Gasteiger partial charge < -0.3 is 0 Å². The molecule has 0 aliphatic heterocycles. The summed E-state index contributed by atoms with van der Waals surface area (Å²) in [6.45, 7) is 18.5. The highest BCUT2D eigenvalue weighted by Gasteiger charge is 2.36. The van der Waals surface area contributed by atoms with Crippen LogP contribution in [0.2, 0.25) is 0 Å². The molecule has 0 atom stereocenters. The molecule has 0 radical (unpaired) electrons. The van der Waals surface area contributed by atoms with Crippen molar-refractivity contribution in [2.75, 3.05) is 0 Å². The summed E-state index contributed by atoms with van der Waals surface area (Å²) in [6.07, 6.45) is 8.53. The Kier molecular flexibility index (Phi) is 7.56. The maximum atomic E-state index is 2.46. The third kappa shape index (κ3) is 4.59. The Morgan fingerprint density at radius 3 is 1.06 bits per heavy atom. The van der Waals surface area contributed by atoms with Gasteiger partial charge in [0.2, 0.25) is 0 Å². The van der Waals surface area contributed by atoms with Gasteiger partial charge in [-0.3, -0.25) is 0 Å². The van der Waals surface area contributed by atoms with Gasteiger partial charge in [0.15, 0.2) is 0 Å². The van der Waals surface area contributed by atoms with Crippen LogP contribution in [0.4, 0.5) is 0 Å². The summed E-state index contributed by atoms with van der Waals surface area (Å²) in [5.74, 6) is 1.95. The van der Waals surface area contributed by atoms with Gasteiger partial charge in [0.05, 0.1) is 0 Å². The van der Waals surface area contributed by atoms with E-state index in [-0.39, 0.29) is 0 Å². The highest BCUT2D eigenvalue weighted by atomic mass is 14.4. The Balaban J connectivity index is 0.00000137. The first-order chi connectivity index (χ1) is 8.33. The van der Waals surface area contributed by atoms with Crippen LogP contribution in [0.25, 0.3) is 0 Å². The lowest BCUT2D eigenvalue weighted by molar-refractivity contribution is 0.0748. The molecule has 1 aliphatic carbocycles. The summed E-state index contributed by atoms with van der Waals surface area (Å²) in [6, 6.07) is 0. The standard InChI is InChI=1S/C16H32.C2H6/c1-7-15(3,4)13-9-11-14(12-10-13)16(5,6)8-2;1-2/h13-14H,7-12H2,1-6H3;1-2H3. The van der Waals surface area contributed by atoms with Crippen molar-refractivity contribution < 1.29 is 0 Å². The maximum absolute atomic E-state index is 2.46. The molecule has 0 bridgehead atoms. The minimum atomic E-state index is 0.571. The molecule has 0 aromatic heterocycles. The number of rotatable bonds is 4. The molecule has 0 aromatic rings. The monoisotopic (exact) mass is 254 g/mol. The minimum absolute atomic E-state index is 0.571. The zero-order chi connectivity index (χ0) is 14.4. The lowest BCUT2D eigenvalue weighted by Gasteiger charge is -2.43. The second-order valence-electron chi connectivity index (χ2n) is 7.23. The fraction of sp³-hybridized carbons (Fsp3) is 1.00. The van der Waals surface area contributed by atoms with Gasteiger partial charge in [0.1, 0.15) is 0 Å². The number of hydrogen-bond donors (Lipinski definition) is 0. The van der Waals surface area contributed by atoms with Gasteiger partial charge in [0, 0.05) is 0 Å². The van der Waals surface area contributed by atoms with Gasteiger partial charge in [0.25, 0.3) is 0 Å². The Hall–Kier alpha value is 0. The first kappa shape index (κ1) is 18.0. The summed E-state index contributed by atoms with van der Waals surface area (Å²) in [5, 5.41) is 0. The van der Waals surface area contributed by atoms with Crippen LogP contribution in [0.5, 0.6) is 0 Å². The quantitative estimate of drug-likeness (QED) is 0.524. The SMILES string of the molecule is CC.CCC(C)(C)C1CCC(C(C)(C)CC)CC1. The maximum Gasteiger partial charge on any atom is -0.0329 e. The molecule has 0 heteroatoms. The zero-order valence-electron chi connectivity index (χ0n) is 14.4. The van der Waals surface area contributed by atoms with Gasteiger partial charge in [-0.1, -0.05) is 68.2 Å². The molecule has 0 N–H and O–H groups in total. The predicted octanol–water partition coefficient (Wildman–Crippen LogP) is 6.69. The van der Waals surface area contributed by atoms with E-state index in [1.165, 1.54) is 38.5 Å². The van der Waals surface area contributed by atoms with Crippen molar-refractivity contribution in [2.45, 2.75) is 93.9 Å². The molecule has 0 saturated heterocycles. The van der Waals surface area contributed by atoms with Crippen LogP contribution >= 0.6 is 0 Å². The van der Waals surface area contributed by atoms with Crippen molar-refractivity contribution in [3.63, 3.8) is 0 Å². The lowest BCUT2D eigenvalue weighted by Crippen LogP contribution is -2.33. The van der Waals surface area contributed by atoms with E-state index in [9.17, 15) is 0 Å². The van der Waals surface area contributed by atoms with Crippen molar-refractivity contribution in [1.29, 1.82) is 0 Å². The molecule has 0 nitrogen and oxygen atoms in total. The normalized spacial score (nSPS) is 25.3. The van der Waals surface area contributed by atoms with E-state index in [2.05, 4.69) is 41.5 Å². The molecule has 0 amide bonds. The Bertz CT molecular complexity index is 180. The van der Waals surface area contributed by atoms with E-state index >= 15 is 0 Å². The van der Waals surface area contributed by atoms with Crippen LogP contribution in [0.3, 0.4) is 0 Å². The van der Waals surface area contributed by atoms with Crippen LogP contribution in [-0.2, 0) is 0 Å². The molecule has 0 spiro atoms. The van der Waals surface area contributed by atoms with Gasteiger partial charge in [-0.25, -0.2) is 0 Å².